The molecular weight excluding hydrogens is 228 g/mol. The van der Waals surface area contributed by atoms with Gasteiger partial charge in [0.2, 0.25) is 0 Å². The van der Waals surface area contributed by atoms with Gasteiger partial charge < -0.3 is 9.84 Å². The van der Waals surface area contributed by atoms with Gasteiger partial charge in [0.1, 0.15) is 0 Å². The predicted octanol–water partition coefficient (Wildman–Crippen LogP) is 2.91. The van der Waals surface area contributed by atoms with E-state index in [1.54, 1.807) is 6.08 Å². The van der Waals surface area contributed by atoms with E-state index in [2.05, 4.69) is 6.58 Å². The minimum Gasteiger partial charge on any atom is -0.481 e. The monoisotopic (exact) mass is 248 g/mol. The molecule has 1 aromatic carbocycles. The first kappa shape index (κ1) is 14.5. The van der Waals surface area contributed by atoms with E-state index in [1.807, 2.05) is 37.3 Å². The standard InChI is InChI=1S/C15H20O3/c1-3-10-18-14(4-2)13(15(16)17)11-12-8-6-5-7-9-12/h3,5-9,13-14H,1,4,10-11H2,2H3,(H,16,17)/t13-,14+/m0/s1. The Kier molecular flexibility index (Phi) is 6.15. The molecule has 0 bridgehead atoms. The number of hydrogen-bond donors (Lipinski definition) is 1. The highest BCUT2D eigenvalue weighted by Gasteiger charge is 2.27. The van der Waals surface area contributed by atoms with Crippen molar-refractivity contribution >= 4 is 5.97 Å². The molecular formula is C15H20O3. The summed E-state index contributed by atoms with van der Waals surface area (Å²) in [4.78, 5) is 11.4. The van der Waals surface area contributed by atoms with Crippen molar-refractivity contribution in [2.75, 3.05) is 6.61 Å². The summed E-state index contributed by atoms with van der Waals surface area (Å²) in [5.41, 5.74) is 1.02. The predicted molar refractivity (Wildman–Crippen MR) is 71.5 cm³/mol. The summed E-state index contributed by atoms with van der Waals surface area (Å²) in [5, 5.41) is 9.33. The van der Waals surface area contributed by atoms with Gasteiger partial charge in [0.15, 0.2) is 0 Å². The Morgan fingerprint density at radius 2 is 2.11 bits per heavy atom. The zero-order chi connectivity index (χ0) is 13.4. The molecule has 2 atom stereocenters. The zero-order valence-corrected chi connectivity index (χ0v) is 10.7. The fourth-order valence-electron chi connectivity index (χ4n) is 1.96. The maximum absolute atomic E-state index is 11.4. The number of ether oxygens (including phenoxy) is 1. The molecule has 0 radical (unpaired) electrons. The van der Waals surface area contributed by atoms with Gasteiger partial charge in [0.25, 0.3) is 0 Å². The first-order valence-corrected chi connectivity index (χ1v) is 6.18. The van der Waals surface area contributed by atoms with E-state index < -0.39 is 11.9 Å². The molecule has 0 heterocycles. The van der Waals surface area contributed by atoms with Crippen LogP contribution < -0.4 is 0 Å². The van der Waals surface area contributed by atoms with E-state index in [0.29, 0.717) is 19.4 Å². The highest BCUT2D eigenvalue weighted by atomic mass is 16.5. The highest BCUT2D eigenvalue weighted by molar-refractivity contribution is 5.71. The van der Waals surface area contributed by atoms with Crippen LogP contribution in [0.5, 0.6) is 0 Å². The Hall–Kier alpha value is -1.61. The molecule has 0 spiro atoms. The number of aliphatic carboxylic acids is 1. The SMILES string of the molecule is C=CCO[C@H](CC)[C@H](Cc1ccccc1)C(=O)O. The molecule has 0 saturated carbocycles. The lowest BCUT2D eigenvalue weighted by Gasteiger charge is -2.22. The Bertz CT molecular complexity index is 373. The van der Waals surface area contributed by atoms with Crippen LogP contribution in [0.3, 0.4) is 0 Å². The quantitative estimate of drug-likeness (QED) is 0.719. The zero-order valence-electron chi connectivity index (χ0n) is 10.7. The molecule has 1 N–H and O–H groups in total. The third-order valence-electron chi connectivity index (χ3n) is 2.89. The topological polar surface area (TPSA) is 46.5 Å². The fourth-order valence-corrected chi connectivity index (χ4v) is 1.96. The molecule has 0 saturated heterocycles. The number of benzene rings is 1. The molecule has 0 aromatic heterocycles. The fraction of sp³-hybridized carbons (Fsp3) is 0.400. The van der Waals surface area contributed by atoms with Crippen molar-refractivity contribution in [2.24, 2.45) is 5.92 Å². The summed E-state index contributed by atoms with van der Waals surface area (Å²) in [7, 11) is 0. The van der Waals surface area contributed by atoms with Gasteiger partial charge in [-0.1, -0.05) is 43.3 Å². The molecule has 18 heavy (non-hydrogen) atoms. The normalized spacial score (nSPS) is 13.8. The Labute approximate surface area is 108 Å². The maximum Gasteiger partial charge on any atom is 0.309 e. The molecule has 0 aliphatic heterocycles. The van der Waals surface area contributed by atoms with Crippen molar-refractivity contribution in [3.05, 3.63) is 48.6 Å². The van der Waals surface area contributed by atoms with Gasteiger partial charge in [0.05, 0.1) is 18.6 Å². The summed E-state index contributed by atoms with van der Waals surface area (Å²) in [6, 6.07) is 9.64. The van der Waals surface area contributed by atoms with Crippen LogP contribution in [0.2, 0.25) is 0 Å². The Balaban J connectivity index is 2.74. The molecule has 0 amide bonds. The lowest BCUT2D eigenvalue weighted by Crippen LogP contribution is -2.32. The van der Waals surface area contributed by atoms with E-state index in [1.165, 1.54) is 0 Å². The smallest absolute Gasteiger partial charge is 0.309 e. The Morgan fingerprint density at radius 1 is 1.44 bits per heavy atom. The third-order valence-corrected chi connectivity index (χ3v) is 2.89. The molecule has 0 aliphatic rings. The van der Waals surface area contributed by atoms with Crippen LogP contribution in [0.4, 0.5) is 0 Å². The number of carbonyl (C=O) groups is 1. The average Bonchev–Trinajstić information content (AvgIpc) is 2.39. The van der Waals surface area contributed by atoms with Crippen LogP contribution in [0.1, 0.15) is 18.9 Å². The van der Waals surface area contributed by atoms with Gasteiger partial charge in [-0.3, -0.25) is 4.79 Å². The number of carboxylic acid groups (broad SMARTS) is 1. The molecule has 3 nitrogen and oxygen atoms in total. The maximum atomic E-state index is 11.4. The van der Waals surface area contributed by atoms with Gasteiger partial charge in [-0.05, 0) is 18.4 Å². The first-order valence-electron chi connectivity index (χ1n) is 6.18. The van der Waals surface area contributed by atoms with Crippen LogP contribution in [0, 0.1) is 5.92 Å². The summed E-state index contributed by atoms with van der Waals surface area (Å²) >= 11 is 0. The minimum atomic E-state index is -0.810. The summed E-state index contributed by atoms with van der Waals surface area (Å²) in [5.74, 6) is -1.33. The van der Waals surface area contributed by atoms with E-state index in [0.717, 1.165) is 5.56 Å². The first-order chi connectivity index (χ1) is 8.69. The molecule has 0 aliphatic carbocycles. The van der Waals surface area contributed by atoms with Gasteiger partial charge in [-0.2, -0.15) is 0 Å². The molecule has 0 fully saturated rings. The average molecular weight is 248 g/mol. The van der Waals surface area contributed by atoms with E-state index in [9.17, 15) is 9.90 Å². The Morgan fingerprint density at radius 3 is 2.61 bits per heavy atom. The minimum absolute atomic E-state index is 0.277. The van der Waals surface area contributed by atoms with Crippen LogP contribution in [-0.2, 0) is 16.0 Å². The van der Waals surface area contributed by atoms with Crippen molar-refractivity contribution in [1.29, 1.82) is 0 Å². The van der Waals surface area contributed by atoms with Crippen molar-refractivity contribution in [3.8, 4) is 0 Å². The summed E-state index contributed by atoms with van der Waals surface area (Å²) in [6.45, 7) is 5.91. The summed E-state index contributed by atoms with van der Waals surface area (Å²) in [6.07, 6.45) is 2.54. The lowest BCUT2D eigenvalue weighted by atomic mass is 9.92. The second-order valence-electron chi connectivity index (χ2n) is 4.20. The molecule has 1 aromatic rings. The van der Waals surface area contributed by atoms with Crippen LogP contribution in [-0.4, -0.2) is 23.8 Å². The molecule has 1 rings (SSSR count). The van der Waals surface area contributed by atoms with Crippen LogP contribution in [0.25, 0.3) is 0 Å². The summed E-state index contributed by atoms with van der Waals surface area (Å²) < 4.78 is 5.54. The van der Waals surface area contributed by atoms with E-state index >= 15 is 0 Å². The largest absolute Gasteiger partial charge is 0.481 e. The van der Waals surface area contributed by atoms with E-state index in [-0.39, 0.29) is 6.10 Å². The number of rotatable bonds is 8. The molecule has 98 valence electrons. The highest BCUT2D eigenvalue weighted by Crippen LogP contribution is 2.18. The van der Waals surface area contributed by atoms with Crippen molar-refractivity contribution in [1.82, 2.24) is 0 Å². The number of carboxylic acids is 1. The van der Waals surface area contributed by atoms with Crippen molar-refractivity contribution in [3.63, 3.8) is 0 Å². The van der Waals surface area contributed by atoms with Gasteiger partial charge in [0, 0.05) is 0 Å². The second-order valence-corrected chi connectivity index (χ2v) is 4.20. The van der Waals surface area contributed by atoms with E-state index in [4.69, 9.17) is 4.74 Å². The molecule has 3 heteroatoms. The van der Waals surface area contributed by atoms with Gasteiger partial charge in [-0.15, -0.1) is 6.58 Å². The van der Waals surface area contributed by atoms with Crippen molar-refractivity contribution < 1.29 is 14.6 Å². The number of hydrogen-bond acceptors (Lipinski definition) is 2. The lowest BCUT2D eigenvalue weighted by molar-refractivity contribution is -0.147. The van der Waals surface area contributed by atoms with Gasteiger partial charge >= 0.3 is 5.97 Å². The van der Waals surface area contributed by atoms with Gasteiger partial charge in [-0.25, -0.2) is 0 Å². The second kappa shape index (κ2) is 7.67. The third kappa shape index (κ3) is 4.34. The molecule has 0 unspecified atom stereocenters. The van der Waals surface area contributed by atoms with Crippen LogP contribution in [0.15, 0.2) is 43.0 Å². The van der Waals surface area contributed by atoms with Crippen molar-refractivity contribution in [2.45, 2.75) is 25.9 Å². The van der Waals surface area contributed by atoms with Crippen LogP contribution >= 0.6 is 0 Å².